The van der Waals surface area contributed by atoms with Crippen molar-refractivity contribution in [3.63, 3.8) is 0 Å². The van der Waals surface area contributed by atoms with Crippen LogP contribution in [-0.4, -0.2) is 34.6 Å². The van der Waals surface area contributed by atoms with Crippen LogP contribution in [0.25, 0.3) is 0 Å². The highest BCUT2D eigenvalue weighted by Gasteiger charge is 2.68. The van der Waals surface area contributed by atoms with Gasteiger partial charge in [0.1, 0.15) is 0 Å². The molecule has 2 aliphatic heterocycles. The number of hydrogen-bond donors (Lipinski definition) is 0. The van der Waals surface area contributed by atoms with Gasteiger partial charge in [-0.3, -0.25) is 0 Å². The molecule has 0 N–H and O–H groups in total. The van der Waals surface area contributed by atoms with Crippen LogP contribution in [0.1, 0.15) is 71.6 Å². The van der Waals surface area contributed by atoms with Crippen LogP contribution in [0.15, 0.2) is 23.3 Å². The number of hydrogen-bond acceptors (Lipinski definition) is 4. The summed E-state index contributed by atoms with van der Waals surface area (Å²) in [6, 6.07) is 0. The zero-order valence-electron chi connectivity index (χ0n) is 18.8. The summed E-state index contributed by atoms with van der Waals surface area (Å²) >= 11 is 4.46. The third-order valence-corrected chi connectivity index (χ3v) is 13.1. The normalized spacial score (nSPS) is 44.9. The molecule has 0 aromatic rings. The SMILES string of the molecule is CC/C=C1\C[C@@]2(CC)C(CCC23OCCO3)C2CCC3=CC4(CCC3C12)SCCS4. The number of ether oxygens (including phenoxy) is 2. The zero-order chi connectivity index (χ0) is 20.4. The largest absolute Gasteiger partial charge is 0.347 e. The molecule has 0 amide bonds. The van der Waals surface area contributed by atoms with E-state index in [1.165, 1.54) is 62.9 Å². The summed E-state index contributed by atoms with van der Waals surface area (Å²) in [6.07, 6.45) is 17.0. The fraction of sp³-hybridized carbons (Fsp3) is 0.846. The van der Waals surface area contributed by atoms with Gasteiger partial charge >= 0.3 is 0 Å². The minimum atomic E-state index is -0.284. The molecule has 0 radical (unpaired) electrons. The molecule has 6 aliphatic rings. The summed E-state index contributed by atoms with van der Waals surface area (Å²) in [4.78, 5) is 0. The minimum Gasteiger partial charge on any atom is -0.347 e. The van der Waals surface area contributed by atoms with Crippen LogP contribution in [0.4, 0.5) is 0 Å². The van der Waals surface area contributed by atoms with Crippen molar-refractivity contribution in [2.24, 2.45) is 29.1 Å². The summed E-state index contributed by atoms with van der Waals surface area (Å²) in [5.41, 5.74) is 3.82. The standard InChI is InChI=1S/C26H38O2S2/c1-3-5-19-16-24(4-2)22(9-11-26(24)27-12-13-28-26)21-7-6-18-17-25(29-14-15-30-25)10-8-20(18)23(19)21/h5,17,20-23H,3-4,6-16H2,1-2H3/b19-5+/t20?,21?,22?,23?,24-/m0/s1. The van der Waals surface area contributed by atoms with Crippen LogP contribution < -0.4 is 0 Å². The van der Waals surface area contributed by atoms with Crippen LogP contribution in [0.3, 0.4) is 0 Å². The molecule has 6 rings (SSSR count). The molecule has 0 aromatic carbocycles. The predicted octanol–water partition coefficient (Wildman–Crippen LogP) is 6.81. The Morgan fingerprint density at radius 2 is 1.87 bits per heavy atom. The summed E-state index contributed by atoms with van der Waals surface area (Å²) in [6.45, 7) is 6.34. The Kier molecular flexibility index (Phi) is 5.22. The van der Waals surface area contributed by atoms with Crippen LogP contribution in [0.2, 0.25) is 0 Å². The molecule has 2 heterocycles. The summed E-state index contributed by atoms with van der Waals surface area (Å²) in [5.74, 6) is 5.63. The molecular formula is C26H38O2S2. The molecule has 4 aliphatic carbocycles. The first-order valence-electron chi connectivity index (χ1n) is 12.6. The van der Waals surface area contributed by atoms with Gasteiger partial charge in [0.05, 0.1) is 17.3 Å². The Balaban J connectivity index is 1.38. The molecular weight excluding hydrogens is 408 g/mol. The zero-order valence-corrected chi connectivity index (χ0v) is 20.4. The summed E-state index contributed by atoms with van der Waals surface area (Å²) in [5, 5.41) is 0. The molecule has 0 bridgehead atoms. The maximum absolute atomic E-state index is 6.47. The molecule has 3 saturated carbocycles. The Hall–Kier alpha value is 0.100. The van der Waals surface area contributed by atoms with E-state index in [1.54, 1.807) is 5.57 Å². The molecule has 5 atom stereocenters. The van der Waals surface area contributed by atoms with Crippen LogP contribution in [0.5, 0.6) is 0 Å². The number of fused-ring (bicyclic) bond motifs is 6. The fourth-order valence-electron chi connectivity index (χ4n) is 8.70. The van der Waals surface area contributed by atoms with Crippen LogP contribution in [0, 0.1) is 29.1 Å². The molecule has 5 fully saturated rings. The average Bonchev–Trinajstić information content (AvgIpc) is 3.49. The smallest absolute Gasteiger partial charge is 0.174 e. The van der Waals surface area contributed by atoms with Crippen molar-refractivity contribution in [1.82, 2.24) is 0 Å². The average molecular weight is 447 g/mol. The maximum Gasteiger partial charge on any atom is 0.174 e. The van der Waals surface area contributed by atoms with Crippen molar-refractivity contribution in [3.05, 3.63) is 23.3 Å². The lowest BCUT2D eigenvalue weighted by atomic mass is 9.49. The first-order valence-corrected chi connectivity index (χ1v) is 14.6. The Morgan fingerprint density at radius 1 is 1.07 bits per heavy atom. The minimum absolute atomic E-state index is 0.208. The molecule has 30 heavy (non-hydrogen) atoms. The van der Waals surface area contributed by atoms with Gasteiger partial charge in [0.25, 0.3) is 0 Å². The van der Waals surface area contributed by atoms with E-state index < -0.39 is 0 Å². The first kappa shape index (κ1) is 20.7. The second-order valence-electron chi connectivity index (χ2n) is 10.6. The molecule has 2 spiro atoms. The Bertz CT molecular complexity index is 746. The molecule has 2 saturated heterocycles. The third kappa shape index (κ3) is 2.78. The van der Waals surface area contributed by atoms with Gasteiger partial charge in [-0.25, -0.2) is 0 Å². The van der Waals surface area contributed by atoms with Crippen molar-refractivity contribution in [2.45, 2.75) is 81.5 Å². The molecule has 4 unspecified atom stereocenters. The van der Waals surface area contributed by atoms with Gasteiger partial charge in [0.15, 0.2) is 5.79 Å². The van der Waals surface area contributed by atoms with Crippen LogP contribution >= 0.6 is 23.5 Å². The number of rotatable bonds is 2. The highest BCUT2D eigenvalue weighted by Crippen LogP contribution is 2.70. The highest BCUT2D eigenvalue weighted by molar-refractivity contribution is 8.21. The number of allylic oxidation sites excluding steroid dienone is 3. The van der Waals surface area contributed by atoms with E-state index in [0.717, 1.165) is 43.3 Å². The molecule has 2 nitrogen and oxygen atoms in total. The third-order valence-electron chi connectivity index (χ3n) is 9.69. The lowest BCUT2D eigenvalue weighted by Crippen LogP contribution is -2.55. The topological polar surface area (TPSA) is 18.5 Å². The van der Waals surface area contributed by atoms with Gasteiger partial charge in [0.2, 0.25) is 0 Å². The van der Waals surface area contributed by atoms with Crippen molar-refractivity contribution >= 4 is 23.5 Å². The summed E-state index contributed by atoms with van der Waals surface area (Å²) < 4.78 is 13.4. The number of thioether (sulfide) groups is 2. The Labute approximate surface area is 191 Å². The van der Waals surface area contributed by atoms with Crippen molar-refractivity contribution in [1.29, 1.82) is 0 Å². The quantitative estimate of drug-likeness (QED) is 0.433. The lowest BCUT2D eigenvalue weighted by molar-refractivity contribution is -0.242. The van der Waals surface area contributed by atoms with E-state index in [4.69, 9.17) is 9.47 Å². The van der Waals surface area contributed by atoms with Crippen molar-refractivity contribution in [2.75, 3.05) is 24.7 Å². The molecule has 166 valence electrons. The van der Waals surface area contributed by atoms with Crippen molar-refractivity contribution in [3.8, 4) is 0 Å². The van der Waals surface area contributed by atoms with E-state index in [2.05, 4.69) is 49.5 Å². The van der Waals surface area contributed by atoms with Crippen LogP contribution in [-0.2, 0) is 9.47 Å². The lowest BCUT2D eigenvalue weighted by Gasteiger charge is -2.58. The van der Waals surface area contributed by atoms with E-state index >= 15 is 0 Å². The van der Waals surface area contributed by atoms with E-state index in [-0.39, 0.29) is 11.2 Å². The van der Waals surface area contributed by atoms with Gasteiger partial charge in [-0.05, 0) is 75.0 Å². The second-order valence-corrected chi connectivity index (χ2v) is 13.7. The maximum atomic E-state index is 6.47. The predicted molar refractivity (Wildman–Crippen MR) is 128 cm³/mol. The van der Waals surface area contributed by atoms with Crippen molar-refractivity contribution < 1.29 is 9.47 Å². The highest BCUT2D eigenvalue weighted by atomic mass is 32.2. The van der Waals surface area contributed by atoms with E-state index in [1.807, 2.05) is 5.57 Å². The van der Waals surface area contributed by atoms with Gasteiger partial charge in [-0.2, -0.15) is 0 Å². The monoisotopic (exact) mass is 446 g/mol. The first-order chi connectivity index (χ1) is 14.7. The van der Waals surface area contributed by atoms with E-state index in [0.29, 0.717) is 4.08 Å². The van der Waals surface area contributed by atoms with Gasteiger partial charge in [0, 0.05) is 23.3 Å². The molecule has 4 heteroatoms. The molecule has 0 aromatic heterocycles. The Morgan fingerprint density at radius 3 is 2.60 bits per heavy atom. The van der Waals surface area contributed by atoms with Gasteiger partial charge in [-0.15, -0.1) is 23.5 Å². The fourth-order valence-corrected chi connectivity index (χ4v) is 11.9. The van der Waals surface area contributed by atoms with Gasteiger partial charge in [-0.1, -0.05) is 37.1 Å². The second kappa shape index (κ2) is 7.57. The van der Waals surface area contributed by atoms with E-state index in [9.17, 15) is 0 Å². The summed E-state index contributed by atoms with van der Waals surface area (Å²) in [7, 11) is 0. The van der Waals surface area contributed by atoms with Gasteiger partial charge < -0.3 is 9.47 Å².